The molecule has 1 aliphatic rings. The first kappa shape index (κ1) is 27.9. The van der Waals surface area contributed by atoms with E-state index < -0.39 is 34.1 Å². The maximum atomic E-state index is 13.6. The van der Waals surface area contributed by atoms with Gasteiger partial charge in [0.05, 0.1) is 18.0 Å². The van der Waals surface area contributed by atoms with Crippen molar-refractivity contribution in [3.63, 3.8) is 0 Å². The third kappa shape index (κ3) is 6.84. The molecule has 3 aromatic rings. The van der Waals surface area contributed by atoms with Crippen molar-refractivity contribution in [2.24, 2.45) is 0 Å². The molecule has 0 bridgehead atoms. The molecule has 4 rings (SSSR count). The average molecular weight is 550 g/mol. The number of aliphatic carboxylic acids is 1. The number of carbonyl (C=O) groups excluding carboxylic acids is 1. The molecule has 2 atom stereocenters. The fourth-order valence-electron chi connectivity index (χ4n) is 4.49. The highest BCUT2D eigenvalue weighted by Gasteiger charge is 2.42. The summed E-state index contributed by atoms with van der Waals surface area (Å²) in [6.07, 6.45) is 3.46. The van der Waals surface area contributed by atoms with E-state index in [0.717, 1.165) is 15.4 Å². The van der Waals surface area contributed by atoms with E-state index in [1.807, 2.05) is 60.7 Å². The minimum Gasteiger partial charge on any atom is -0.497 e. The smallest absolute Gasteiger partial charge is 0.324 e. The molecular formula is C29H31N3O6S. The van der Waals surface area contributed by atoms with Gasteiger partial charge in [-0.15, -0.1) is 0 Å². The summed E-state index contributed by atoms with van der Waals surface area (Å²) in [6.45, 7) is 0.431. The lowest BCUT2D eigenvalue weighted by Crippen LogP contribution is -2.58. The topological polar surface area (TPSA) is 116 Å². The number of benzene rings is 3. The van der Waals surface area contributed by atoms with Gasteiger partial charge >= 0.3 is 12.0 Å². The van der Waals surface area contributed by atoms with Crippen LogP contribution >= 0.6 is 0 Å². The number of carboxylic acids is 1. The largest absolute Gasteiger partial charge is 0.497 e. The molecule has 0 radical (unpaired) electrons. The maximum Gasteiger partial charge on any atom is 0.324 e. The number of hydrogen-bond acceptors (Lipinski definition) is 5. The second-order valence-corrected chi connectivity index (χ2v) is 11.0. The molecule has 0 saturated carbocycles. The summed E-state index contributed by atoms with van der Waals surface area (Å²) in [5.41, 5.74) is 1.81. The minimum atomic E-state index is -4.21. The van der Waals surface area contributed by atoms with Crippen LogP contribution in [0.15, 0.2) is 102 Å². The lowest BCUT2D eigenvalue weighted by molar-refractivity contribution is -0.142. The van der Waals surface area contributed by atoms with Crippen LogP contribution in [0.1, 0.15) is 17.5 Å². The molecule has 2 unspecified atom stereocenters. The van der Waals surface area contributed by atoms with Crippen LogP contribution in [0.5, 0.6) is 5.75 Å². The van der Waals surface area contributed by atoms with Crippen LogP contribution in [0.3, 0.4) is 0 Å². The van der Waals surface area contributed by atoms with Gasteiger partial charge in [0.25, 0.3) is 0 Å². The Balaban J connectivity index is 1.61. The van der Waals surface area contributed by atoms with Gasteiger partial charge in [-0.05, 0) is 41.8 Å². The molecule has 10 heteroatoms. The summed E-state index contributed by atoms with van der Waals surface area (Å²) < 4.78 is 33.2. The Bertz CT molecular complexity index is 1350. The molecular weight excluding hydrogens is 518 g/mol. The number of urea groups is 1. The molecule has 9 nitrogen and oxygen atoms in total. The minimum absolute atomic E-state index is 0.0651. The van der Waals surface area contributed by atoms with E-state index in [4.69, 9.17) is 4.74 Å². The summed E-state index contributed by atoms with van der Waals surface area (Å²) in [6, 6.07) is 21.7. The summed E-state index contributed by atoms with van der Waals surface area (Å²) in [5.74, 6) is -0.875. The van der Waals surface area contributed by atoms with E-state index in [1.54, 1.807) is 17.1 Å². The molecule has 1 heterocycles. The normalized spacial score (nSPS) is 17.7. The predicted molar refractivity (Wildman–Crippen MR) is 147 cm³/mol. The fourth-order valence-corrected chi connectivity index (χ4v) is 6.05. The fraction of sp³-hybridized carbons (Fsp3) is 0.241. The van der Waals surface area contributed by atoms with Gasteiger partial charge in [-0.2, -0.15) is 4.31 Å². The monoisotopic (exact) mass is 549 g/mol. The van der Waals surface area contributed by atoms with Gasteiger partial charge in [0.15, 0.2) is 0 Å². The van der Waals surface area contributed by atoms with E-state index in [-0.39, 0.29) is 31.0 Å². The SMILES string of the molecule is COc1ccc(S(=O)(=O)N2CC=CCC(NC(=O)N(Cc3ccccc3)Cc3ccccc3)C2C(=O)O)cc1. The van der Waals surface area contributed by atoms with Gasteiger partial charge in [0.2, 0.25) is 10.0 Å². The number of rotatable bonds is 9. The Morgan fingerprint density at radius 1 is 0.923 bits per heavy atom. The van der Waals surface area contributed by atoms with Crippen molar-refractivity contribution in [1.82, 2.24) is 14.5 Å². The third-order valence-electron chi connectivity index (χ3n) is 6.48. The van der Waals surface area contributed by atoms with E-state index in [1.165, 1.54) is 31.4 Å². The number of ether oxygens (including phenoxy) is 1. The predicted octanol–water partition coefficient (Wildman–Crippen LogP) is 3.88. The van der Waals surface area contributed by atoms with Crippen molar-refractivity contribution in [3.05, 3.63) is 108 Å². The van der Waals surface area contributed by atoms with Crippen molar-refractivity contribution in [1.29, 1.82) is 0 Å². The maximum absolute atomic E-state index is 13.6. The number of nitrogens with one attached hydrogen (secondary N) is 1. The number of nitrogens with zero attached hydrogens (tertiary/aromatic N) is 2. The van der Waals surface area contributed by atoms with E-state index >= 15 is 0 Å². The molecule has 39 heavy (non-hydrogen) atoms. The molecule has 0 fully saturated rings. The highest BCUT2D eigenvalue weighted by molar-refractivity contribution is 7.89. The molecule has 204 valence electrons. The van der Waals surface area contributed by atoms with Crippen LogP contribution in [0.2, 0.25) is 0 Å². The molecule has 0 saturated heterocycles. The number of amides is 2. The molecule has 0 aliphatic carbocycles. The Labute approximate surface area is 228 Å². The van der Waals surface area contributed by atoms with E-state index in [0.29, 0.717) is 5.75 Å². The number of carbonyl (C=O) groups is 2. The van der Waals surface area contributed by atoms with Gasteiger partial charge < -0.3 is 20.1 Å². The zero-order chi connectivity index (χ0) is 27.8. The molecule has 1 aliphatic heterocycles. The zero-order valence-electron chi connectivity index (χ0n) is 21.5. The zero-order valence-corrected chi connectivity index (χ0v) is 22.3. The lowest BCUT2D eigenvalue weighted by atomic mass is 10.1. The van der Waals surface area contributed by atoms with Crippen molar-refractivity contribution < 1.29 is 27.9 Å². The Kier molecular flexibility index (Phi) is 9.00. The van der Waals surface area contributed by atoms with Crippen molar-refractivity contribution in [2.45, 2.75) is 36.5 Å². The number of carboxylic acid groups (broad SMARTS) is 1. The Morgan fingerprint density at radius 3 is 2.00 bits per heavy atom. The van der Waals surface area contributed by atoms with Crippen LogP contribution < -0.4 is 10.1 Å². The molecule has 3 aromatic carbocycles. The highest BCUT2D eigenvalue weighted by Crippen LogP contribution is 2.25. The summed E-state index contributed by atoms with van der Waals surface area (Å²) >= 11 is 0. The second-order valence-electron chi connectivity index (χ2n) is 9.12. The van der Waals surface area contributed by atoms with E-state index in [2.05, 4.69) is 5.32 Å². The number of hydrogen-bond donors (Lipinski definition) is 2. The standard InChI is InChI=1S/C29H31N3O6S/c1-38-24-15-17-25(18-16-24)39(36,37)32-19-9-8-14-26(27(32)28(33)34)30-29(35)31(20-22-10-4-2-5-11-22)21-23-12-6-3-7-13-23/h2-13,15-18,26-27H,14,19-21H2,1H3,(H,30,35)(H,33,34). The van der Waals surface area contributed by atoms with Gasteiger partial charge in [-0.3, -0.25) is 4.79 Å². The average Bonchev–Trinajstić information content (AvgIpc) is 3.17. The van der Waals surface area contributed by atoms with Crippen LogP contribution in [0.4, 0.5) is 4.79 Å². The lowest BCUT2D eigenvalue weighted by Gasteiger charge is -2.33. The van der Waals surface area contributed by atoms with Crippen molar-refractivity contribution in [2.75, 3.05) is 13.7 Å². The third-order valence-corrected chi connectivity index (χ3v) is 8.34. The van der Waals surface area contributed by atoms with Crippen LogP contribution in [-0.4, -0.2) is 60.5 Å². The van der Waals surface area contributed by atoms with Crippen molar-refractivity contribution >= 4 is 22.0 Å². The summed E-state index contributed by atoms with van der Waals surface area (Å²) in [7, 11) is -2.74. The Hall–Kier alpha value is -4.15. The first-order valence-electron chi connectivity index (χ1n) is 12.5. The quantitative estimate of drug-likeness (QED) is 0.392. The summed E-state index contributed by atoms with van der Waals surface area (Å²) in [4.78, 5) is 27.7. The molecule has 0 aromatic heterocycles. The molecule has 2 N–H and O–H groups in total. The van der Waals surface area contributed by atoms with Crippen LogP contribution in [0.25, 0.3) is 0 Å². The molecule has 2 amide bonds. The van der Waals surface area contributed by atoms with Gasteiger partial charge in [-0.25, -0.2) is 13.2 Å². The van der Waals surface area contributed by atoms with Gasteiger partial charge in [0.1, 0.15) is 11.8 Å². The van der Waals surface area contributed by atoms with Gasteiger partial charge in [-0.1, -0.05) is 72.8 Å². The molecule has 0 spiro atoms. The second kappa shape index (κ2) is 12.6. The van der Waals surface area contributed by atoms with Crippen molar-refractivity contribution in [3.8, 4) is 5.75 Å². The van der Waals surface area contributed by atoms with Crippen LogP contribution in [0, 0.1) is 0 Å². The Morgan fingerprint density at radius 2 is 1.49 bits per heavy atom. The summed E-state index contributed by atoms with van der Waals surface area (Å²) in [5, 5.41) is 13.0. The highest BCUT2D eigenvalue weighted by atomic mass is 32.2. The first-order valence-corrected chi connectivity index (χ1v) is 13.9. The van der Waals surface area contributed by atoms with Crippen LogP contribution in [-0.2, 0) is 27.9 Å². The first-order chi connectivity index (χ1) is 18.8. The van der Waals surface area contributed by atoms with Gasteiger partial charge in [0, 0.05) is 19.6 Å². The number of sulfonamides is 1. The van der Waals surface area contributed by atoms with E-state index in [9.17, 15) is 23.1 Å². The number of methoxy groups -OCH3 is 1.